The Morgan fingerprint density at radius 3 is 2.67 bits per heavy atom. The molecule has 118 valence electrons. The van der Waals surface area contributed by atoms with E-state index >= 15 is 0 Å². The average molecular weight is 294 g/mol. The Kier molecular flexibility index (Phi) is 4.45. The van der Waals surface area contributed by atoms with Crippen LogP contribution in [0.15, 0.2) is 4.42 Å². The molecule has 0 bridgehead atoms. The maximum Gasteiger partial charge on any atom is 0.315 e. The molecule has 0 aromatic carbocycles. The van der Waals surface area contributed by atoms with Crippen molar-refractivity contribution in [1.29, 1.82) is 0 Å². The number of nitrogens with one attached hydrogen (secondary N) is 2. The van der Waals surface area contributed by atoms with Crippen LogP contribution < -0.4 is 10.6 Å². The minimum absolute atomic E-state index is 0.00625. The van der Waals surface area contributed by atoms with Gasteiger partial charge in [-0.3, -0.25) is 0 Å². The first kappa shape index (κ1) is 14.8. The van der Waals surface area contributed by atoms with Gasteiger partial charge in [-0.2, -0.15) is 0 Å². The second kappa shape index (κ2) is 6.32. The fourth-order valence-electron chi connectivity index (χ4n) is 2.97. The van der Waals surface area contributed by atoms with Crippen LogP contribution in [0.1, 0.15) is 58.3 Å². The van der Waals surface area contributed by atoms with Gasteiger partial charge in [0.1, 0.15) is 0 Å². The highest BCUT2D eigenvalue weighted by atomic mass is 16.5. The SMILES string of the molecule is CCC1(CC)CC(Nc2nnc(CNC3CC3)o2)CCO1. The maximum absolute atomic E-state index is 5.99. The lowest BCUT2D eigenvalue weighted by molar-refractivity contribution is -0.0866. The molecule has 1 aliphatic carbocycles. The van der Waals surface area contributed by atoms with Crippen molar-refractivity contribution in [3.63, 3.8) is 0 Å². The predicted octanol–water partition coefficient (Wildman–Crippen LogP) is 2.47. The van der Waals surface area contributed by atoms with Gasteiger partial charge in [0.2, 0.25) is 5.89 Å². The zero-order valence-corrected chi connectivity index (χ0v) is 13.0. The van der Waals surface area contributed by atoms with Crippen molar-refractivity contribution in [1.82, 2.24) is 15.5 Å². The first-order valence-corrected chi connectivity index (χ1v) is 8.19. The minimum Gasteiger partial charge on any atom is -0.407 e. The summed E-state index contributed by atoms with van der Waals surface area (Å²) in [6.07, 6.45) is 6.59. The summed E-state index contributed by atoms with van der Waals surface area (Å²) in [6.45, 7) is 5.85. The second-order valence-corrected chi connectivity index (χ2v) is 6.23. The molecule has 2 heterocycles. The Balaban J connectivity index is 1.53. The number of nitrogens with zero attached hydrogens (tertiary/aromatic N) is 2. The van der Waals surface area contributed by atoms with Crippen LogP contribution >= 0.6 is 0 Å². The first-order chi connectivity index (χ1) is 10.2. The van der Waals surface area contributed by atoms with Crippen LogP contribution in [0.2, 0.25) is 0 Å². The predicted molar refractivity (Wildman–Crippen MR) is 80.1 cm³/mol. The van der Waals surface area contributed by atoms with Crippen molar-refractivity contribution in [3.8, 4) is 0 Å². The summed E-state index contributed by atoms with van der Waals surface area (Å²) in [4.78, 5) is 0. The van der Waals surface area contributed by atoms with E-state index in [4.69, 9.17) is 9.15 Å². The normalized spacial score (nSPS) is 25.0. The molecule has 1 aromatic heterocycles. The lowest BCUT2D eigenvalue weighted by Crippen LogP contribution is -2.43. The van der Waals surface area contributed by atoms with E-state index in [-0.39, 0.29) is 5.60 Å². The number of ether oxygens (including phenoxy) is 1. The topological polar surface area (TPSA) is 72.2 Å². The highest BCUT2D eigenvalue weighted by molar-refractivity contribution is 5.20. The summed E-state index contributed by atoms with van der Waals surface area (Å²) in [5, 5.41) is 14.9. The van der Waals surface area contributed by atoms with E-state index in [2.05, 4.69) is 34.7 Å². The maximum atomic E-state index is 5.99. The molecule has 6 nitrogen and oxygen atoms in total. The molecule has 1 saturated heterocycles. The fourth-order valence-corrected chi connectivity index (χ4v) is 2.97. The Morgan fingerprint density at radius 1 is 1.14 bits per heavy atom. The van der Waals surface area contributed by atoms with Gasteiger partial charge in [0, 0.05) is 18.7 Å². The third-order valence-corrected chi connectivity index (χ3v) is 4.70. The van der Waals surface area contributed by atoms with Crippen LogP contribution in [0.25, 0.3) is 0 Å². The van der Waals surface area contributed by atoms with Gasteiger partial charge in [0.15, 0.2) is 0 Å². The van der Waals surface area contributed by atoms with Crippen molar-refractivity contribution >= 4 is 6.01 Å². The lowest BCUT2D eigenvalue weighted by atomic mass is 9.86. The smallest absolute Gasteiger partial charge is 0.315 e. The summed E-state index contributed by atoms with van der Waals surface area (Å²) < 4.78 is 11.7. The zero-order chi connectivity index (χ0) is 14.7. The molecular weight excluding hydrogens is 268 g/mol. The molecule has 0 radical (unpaired) electrons. The van der Waals surface area contributed by atoms with Crippen LogP contribution in [0.4, 0.5) is 6.01 Å². The van der Waals surface area contributed by atoms with Gasteiger partial charge >= 0.3 is 6.01 Å². The minimum atomic E-state index is 0.00625. The van der Waals surface area contributed by atoms with Gasteiger partial charge in [-0.1, -0.05) is 18.9 Å². The highest BCUT2D eigenvalue weighted by Crippen LogP contribution is 2.32. The van der Waals surface area contributed by atoms with Crippen LogP contribution in [0.3, 0.4) is 0 Å². The quantitative estimate of drug-likeness (QED) is 0.805. The van der Waals surface area contributed by atoms with E-state index in [1.165, 1.54) is 12.8 Å². The summed E-state index contributed by atoms with van der Waals surface area (Å²) in [6, 6.07) is 1.54. The summed E-state index contributed by atoms with van der Waals surface area (Å²) in [5.74, 6) is 0.661. The molecule has 3 rings (SSSR count). The second-order valence-electron chi connectivity index (χ2n) is 6.23. The van der Waals surface area contributed by atoms with E-state index in [1.54, 1.807) is 0 Å². The van der Waals surface area contributed by atoms with Crippen molar-refractivity contribution < 1.29 is 9.15 Å². The van der Waals surface area contributed by atoms with Crippen molar-refractivity contribution in [2.75, 3.05) is 11.9 Å². The van der Waals surface area contributed by atoms with Gasteiger partial charge in [0.25, 0.3) is 0 Å². The summed E-state index contributed by atoms with van der Waals surface area (Å²) in [5.41, 5.74) is 0.00625. The van der Waals surface area contributed by atoms with E-state index in [0.717, 1.165) is 32.3 Å². The molecule has 2 N–H and O–H groups in total. The van der Waals surface area contributed by atoms with Gasteiger partial charge in [0.05, 0.1) is 12.1 Å². The largest absolute Gasteiger partial charge is 0.407 e. The van der Waals surface area contributed by atoms with Gasteiger partial charge < -0.3 is 19.8 Å². The van der Waals surface area contributed by atoms with Crippen molar-refractivity contribution in [2.24, 2.45) is 0 Å². The van der Waals surface area contributed by atoms with E-state index in [9.17, 15) is 0 Å². The average Bonchev–Trinajstić information content (AvgIpc) is 3.25. The van der Waals surface area contributed by atoms with E-state index in [1.807, 2.05) is 0 Å². The number of hydrogen-bond donors (Lipinski definition) is 2. The first-order valence-electron chi connectivity index (χ1n) is 8.19. The Bertz CT molecular complexity index is 454. The van der Waals surface area contributed by atoms with Gasteiger partial charge in [-0.05, 0) is 38.5 Å². The number of anilines is 1. The molecule has 2 fully saturated rings. The molecule has 6 heteroatoms. The van der Waals surface area contributed by atoms with Gasteiger partial charge in [-0.25, -0.2) is 0 Å². The highest BCUT2D eigenvalue weighted by Gasteiger charge is 2.35. The molecule has 0 amide bonds. The third-order valence-electron chi connectivity index (χ3n) is 4.70. The van der Waals surface area contributed by atoms with E-state index in [0.29, 0.717) is 30.5 Å². The summed E-state index contributed by atoms with van der Waals surface area (Å²) in [7, 11) is 0. The van der Waals surface area contributed by atoms with Crippen LogP contribution in [0.5, 0.6) is 0 Å². The Labute approximate surface area is 126 Å². The number of rotatable bonds is 7. The molecular formula is C15H26N4O2. The van der Waals surface area contributed by atoms with Crippen molar-refractivity contribution in [2.45, 2.75) is 76.6 Å². The fraction of sp³-hybridized carbons (Fsp3) is 0.867. The molecule has 2 aliphatic rings. The lowest BCUT2D eigenvalue weighted by Gasteiger charge is -2.39. The molecule has 1 aliphatic heterocycles. The molecule has 0 spiro atoms. The van der Waals surface area contributed by atoms with Crippen molar-refractivity contribution in [3.05, 3.63) is 5.89 Å². The summed E-state index contributed by atoms with van der Waals surface area (Å²) >= 11 is 0. The zero-order valence-electron chi connectivity index (χ0n) is 13.0. The van der Waals surface area contributed by atoms with Gasteiger partial charge in [-0.15, -0.1) is 5.10 Å². The monoisotopic (exact) mass is 294 g/mol. The van der Waals surface area contributed by atoms with Crippen LogP contribution in [0, 0.1) is 0 Å². The molecule has 21 heavy (non-hydrogen) atoms. The Hall–Kier alpha value is -1.14. The third kappa shape index (κ3) is 3.74. The Morgan fingerprint density at radius 2 is 1.95 bits per heavy atom. The van der Waals surface area contributed by atoms with Crippen LogP contribution in [-0.2, 0) is 11.3 Å². The molecule has 1 unspecified atom stereocenters. The standard InChI is InChI=1S/C15H26N4O2/c1-3-15(4-2)9-12(7-8-20-15)17-14-19-18-13(21-14)10-16-11-5-6-11/h11-12,16H,3-10H2,1-2H3,(H,17,19). The molecule has 1 atom stereocenters. The van der Waals surface area contributed by atoms with E-state index < -0.39 is 0 Å². The van der Waals surface area contributed by atoms with Crippen LogP contribution in [-0.4, -0.2) is 34.5 Å². The number of hydrogen-bond acceptors (Lipinski definition) is 6. The molecule has 1 aromatic rings. The molecule has 1 saturated carbocycles. The number of aromatic nitrogens is 2.